The van der Waals surface area contributed by atoms with E-state index in [1.54, 1.807) is 6.92 Å². The van der Waals surface area contributed by atoms with Crippen LogP contribution in [0.25, 0.3) is 0 Å². The Balaban J connectivity index is 2.22. The molecule has 1 aliphatic rings. The number of carboxylic acids is 1. The van der Waals surface area contributed by atoms with E-state index in [0.717, 1.165) is 11.4 Å². The lowest BCUT2D eigenvalue weighted by Gasteiger charge is -2.32. The summed E-state index contributed by atoms with van der Waals surface area (Å²) in [6.45, 7) is 6.70. The number of hydrogen-bond donors (Lipinski definition) is 1. The summed E-state index contributed by atoms with van der Waals surface area (Å²) in [5.41, 5.74) is 0.677. The van der Waals surface area contributed by atoms with E-state index in [-0.39, 0.29) is 12.5 Å². The van der Waals surface area contributed by atoms with E-state index in [1.165, 1.54) is 16.2 Å². The van der Waals surface area contributed by atoms with Crippen LogP contribution >= 0.6 is 11.3 Å². The normalized spacial score (nSPS) is 19.0. The Labute approximate surface area is 127 Å². The van der Waals surface area contributed by atoms with Crippen LogP contribution in [-0.4, -0.2) is 52.7 Å². The fourth-order valence-electron chi connectivity index (χ4n) is 2.27. The number of carboxylic acid groups (broad SMARTS) is 1. The molecule has 1 atom stereocenters. The topological polar surface area (TPSA) is 79.7 Å². The number of thiazole rings is 1. The minimum Gasteiger partial charge on any atom is -0.480 e. The predicted molar refractivity (Wildman–Crippen MR) is 78.7 cm³/mol. The summed E-state index contributed by atoms with van der Waals surface area (Å²) in [6, 6.07) is -0.915. The summed E-state index contributed by atoms with van der Waals surface area (Å²) in [4.78, 5) is 30.2. The second-order valence-electron chi connectivity index (χ2n) is 5.55. The van der Waals surface area contributed by atoms with Crippen LogP contribution < -0.4 is 0 Å². The quantitative estimate of drug-likeness (QED) is 0.913. The molecule has 0 spiro atoms. The summed E-state index contributed by atoms with van der Waals surface area (Å²) >= 11 is 1.37. The lowest BCUT2D eigenvalue weighted by atomic mass is 10.1. The van der Waals surface area contributed by atoms with Gasteiger partial charge in [0.05, 0.1) is 23.9 Å². The third-order valence-corrected chi connectivity index (χ3v) is 4.46. The molecule has 0 saturated carbocycles. The molecule has 1 saturated heterocycles. The van der Waals surface area contributed by atoms with Crippen molar-refractivity contribution >= 4 is 23.2 Å². The maximum atomic E-state index is 12.6. The number of carbonyl (C=O) groups excluding carboxylic acids is 1. The molecule has 7 heteroatoms. The SMILES string of the molecule is Cc1nc(CC(C)C)sc1C(=O)N1CCOCC1C(=O)O. The van der Waals surface area contributed by atoms with E-state index in [9.17, 15) is 14.7 Å². The number of rotatable bonds is 4. The molecule has 1 aromatic heterocycles. The molecule has 2 rings (SSSR count). The Kier molecular flexibility index (Phi) is 4.95. The zero-order valence-corrected chi connectivity index (χ0v) is 13.3. The molecule has 0 radical (unpaired) electrons. The van der Waals surface area contributed by atoms with Crippen LogP contribution in [0.15, 0.2) is 0 Å². The smallest absolute Gasteiger partial charge is 0.328 e. The van der Waals surface area contributed by atoms with E-state index < -0.39 is 12.0 Å². The number of morpholine rings is 1. The van der Waals surface area contributed by atoms with Crippen molar-refractivity contribution < 1.29 is 19.4 Å². The highest BCUT2D eigenvalue weighted by atomic mass is 32.1. The highest BCUT2D eigenvalue weighted by Gasteiger charge is 2.34. The van der Waals surface area contributed by atoms with Crippen LogP contribution in [0.2, 0.25) is 0 Å². The van der Waals surface area contributed by atoms with Gasteiger partial charge in [0.1, 0.15) is 4.88 Å². The number of aryl methyl sites for hydroxylation is 1. The van der Waals surface area contributed by atoms with E-state index in [0.29, 0.717) is 29.6 Å². The first kappa shape index (κ1) is 15.9. The van der Waals surface area contributed by atoms with Crippen molar-refractivity contribution in [3.05, 3.63) is 15.6 Å². The van der Waals surface area contributed by atoms with Gasteiger partial charge in [-0.3, -0.25) is 4.79 Å². The van der Waals surface area contributed by atoms with Crippen LogP contribution in [0.4, 0.5) is 0 Å². The average Bonchev–Trinajstić information content (AvgIpc) is 2.77. The lowest BCUT2D eigenvalue weighted by molar-refractivity contribution is -0.147. The molecule has 1 fully saturated rings. The number of carbonyl (C=O) groups is 2. The first-order chi connectivity index (χ1) is 9.90. The Morgan fingerprint density at radius 1 is 1.52 bits per heavy atom. The Morgan fingerprint density at radius 2 is 2.24 bits per heavy atom. The standard InChI is InChI=1S/C14H20N2O4S/c1-8(2)6-11-15-9(3)12(21-11)13(17)16-4-5-20-7-10(16)14(18)19/h8,10H,4-7H2,1-3H3,(H,18,19). The Hall–Kier alpha value is -1.47. The van der Waals surface area contributed by atoms with Crippen LogP contribution in [0.5, 0.6) is 0 Å². The van der Waals surface area contributed by atoms with Gasteiger partial charge in [0.2, 0.25) is 0 Å². The molecule has 116 valence electrons. The number of nitrogens with zero attached hydrogens (tertiary/aromatic N) is 2. The molecule has 1 unspecified atom stereocenters. The molecule has 2 heterocycles. The van der Waals surface area contributed by atoms with E-state index in [4.69, 9.17) is 4.74 Å². The van der Waals surface area contributed by atoms with E-state index in [1.807, 2.05) is 0 Å². The monoisotopic (exact) mass is 312 g/mol. The first-order valence-electron chi connectivity index (χ1n) is 6.98. The van der Waals surface area contributed by atoms with Crippen molar-refractivity contribution in [2.24, 2.45) is 5.92 Å². The number of aromatic nitrogens is 1. The summed E-state index contributed by atoms with van der Waals surface area (Å²) < 4.78 is 5.16. The molecule has 0 bridgehead atoms. The van der Waals surface area contributed by atoms with Gasteiger partial charge in [-0.1, -0.05) is 13.8 Å². The number of ether oxygens (including phenoxy) is 1. The van der Waals surface area contributed by atoms with Crippen LogP contribution in [-0.2, 0) is 16.0 Å². The fourth-order valence-corrected chi connectivity index (χ4v) is 3.50. The van der Waals surface area contributed by atoms with Crippen LogP contribution in [0.1, 0.15) is 34.2 Å². The van der Waals surface area contributed by atoms with Crippen molar-refractivity contribution in [3.63, 3.8) is 0 Å². The number of hydrogen-bond acceptors (Lipinski definition) is 5. The van der Waals surface area contributed by atoms with Gasteiger partial charge in [-0.05, 0) is 12.8 Å². The van der Waals surface area contributed by atoms with Gasteiger partial charge in [-0.2, -0.15) is 0 Å². The highest BCUT2D eigenvalue weighted by Crippen LogP contribution is 2.24. The summed E-state index contributed by atoms with van der Waals surface area (Å²) in [7, 11) is 0. The second-order valence-corrected chi connectivity index (χ2v) is 6.63. The average molecular weight is 312 g/mol. The largest absolute Gasteiger partial charge is 0.480 e. The van der Waals surface area contributed by atoms with Gasteiger partial charge in [0, 0.05) is 13.0 Å². The van der Waals surface area contributed by atoms with E-state index >= 15 is 0 Å². The van der Waals surface area contributed by atoms with Gasteiger partial charge >= 0.3 is 5.97 Å². The van der Waals surface area contributed by atoms with Crippen molar-refractivity contribution in [2.75, 3.05) is 19.8 Å². The molecule has 1 aliphatic heterocycles. The van der Waals surface area contributed by atoms with Gasteiger partial charge in [0.25, 0.3) is 5.91 Å². The van der Waals surface area contributed by atoms with Crippen molar-refractivity contribution in [1.29, 1.82) is 0 Å². The molecule has 0 aliphatic carbocycles. The molecule has 1 amide bonds. The molecule has 1 aromatic rings. The second kappa shape index (κ2) is 6.53. The number of amides is 1. The lowest BCUT2D eigenvalue weighted by Crippen LogP contribution is -2.52. The molecule has 21 heavy (non-hydrogen) atoms. The first-order valence-corrected chi connectivity index (χ1v) is 7.79. The molecule has 1 N–H and O–H groups in total. The van der Waals surface area contributed by atoms with Crippen LogP contribution in [0, 0.1) is 12.8 Å². The maximum Gasteiger partial charge on any atom is 0.328 e. The molecular formula is C14H20N2O4S. The Bertz CT molecular complexity index is 541. The van der Waals surface area contributed by atoms with Crippen molar-refractivity contribution in [1.82, 2.24) is 9.88 Å². The maximum absolute atomic E-state index is 12.6. The Morgan fingerprint density at radius 3 is 2.86 bits per heavy atom. The third-order valence-electron chi connectivity index (χ3n) is 3.29. The zero-order chi connectivity index (χ0) is 15.6. The predicted octanol–water partition coefficient (Wildman–Crippen LogP) is 1.58. The summed E-state index contributed by atoms with van der Waals surface area (Å²) in [6.07, 6.45) is 0.824. The van der Waals surface area contributed by atoms with Crippen LogP contribution in [0.3, 0.4) is 0 Å². The molecule has 0 aromatic carbocycles. The molecular weight excluding hydrogens is 292 g/mol. The van der Waals surface area contributed by atoms with Crippen molar-refractivity contribution in [2.45, 2.75) is 33.2 Å². The molecule has 6 nitrogen and oxygen atoms in total. The summed E-state index contributed by atoms with van der Waals surface area (Å²) in [5.74, 6) is -0.822. The minimum atomic E-state index is -1.03. The fraction of sp³-hybridized carbons (Fsp3) is 0.643. The van der Waals surface area contributed by atoms with Gasteiger partial charge in [-0.15, -0.1) is 11.3 Å². The van der Waals surface area contributed by atoms with Gasteiger partial charge in [0.15, 0.2) is 6.04 Å². The van der Waals surface area contributed by atoms with Gasteiger partial charge in [-0.25, -0.2) is 9.78 Å². The minimum absolute atomic E-state index is 0.0395. The number of aliphatic carboxylic acids is 1. The van der Waals surface area contributed by atoms with Crippen molar-refractivity contribution in [3.8, 4) is 0 Å². The highest BCUT2D eigenvalue weighted by molar-refractivity contribution is 7.13. The van der Waals surface area contributed by atoms with Gasteiger partial charge < -0.3 is 14.7 Å². The van der Waals surface area contributed by atoms with E-state index in [2.05, 4.69) is 18.8 Å². The third kappa shape index (κ3) is 3.59. The summed E-state index contributed by atoms with van der Waals surface area (Å²) in [5, 5.41) is 10.1. The zero-order valence-electron chi connectivity index (χ0n) is 12.5.